The molecule has 0 aliphatic carbocycles. The van der Waals surface area contributed by atoms with Crippen LogP contribution in [0.2, 0.25) is 0 Å². The number of benzene rings is 3. The van der Waals surface area contributed by atoms with Crippen LogP contribution in [-0.4, -0.2) is 54.7 Å². The summed E-state index contributed by atoms with van der Waals surface area (Å²) in [6.45, 7) is -0.0593. The highest BCUT2D eigenvalue weighted by Crippen LogP contribution is 2.41. The van der Waals surface area contributed by atoms with Gasteiger partial charge < -0.3 is 25.4 Å². The lowest BCUT2D eigenvalue weighted by Gasteiger charge is -2.37. The van der Waals surface area contributed by atoms with E-state index in [0.717, 1.165) is 16.7 Å². The van der Waals surface area contributed by atoms with E-state index in [-0.39, 0.29) is 23.7 Å². The number of hydrogen-bond donors (Lipinski definition) is 4. The zero-order valence-electron chi connectivity index (χ0n) is 20.8. The molecule has 10 heteroatoms. The second-order valence-electron chi connectivity index (χ2n) is 9.41. The molecular weight excluding hydrogens is 498 g/mol. The van der Waals surface area contributed by atoms with E-state index in [2.05, 4.69) is 15.0 Å². The lowest BCUT2D eigenvalue weighted by atomic mass is 9.80. The minimum atomic E-state index is -1.34. The number of hydrogen-bond acceptors (Lipinski definition) is 8. The van der Waals surface area contributed by atoms with Gasteiger partial charge in [-0.25, -0.2) is 4.98 Å². The second kappa shape index (κ2) is 10.1. The van der Waals surface area contributed by atoms with Crippen LogP contribution in [0.1, 0.15) is 22.9 Å². The molecule has 39 heavy (non-hydrogen) atoms. The minimum Gasteiger partial charge on any atom is -0.387 e. The van der Waals surface area contributed by atoms with E-state index in [4.69, 9.17) is 15.2 Å². The Bertz CT molecular complexity index is 1530. The summed E-state index contributed by atoms with van der Waals surface area (Å²) in [5.74, 6) is -0.0967. The topological polar surface area (TPSA) is 149 Å². The van der Waals surface area contributed by atoms with Gasteiger partial charge in [0.2, 0.25) is 5.95 Å². The molecule has 0 saturated carbocycles. The predicted molar refractivity (Wildman–Crippen MR) is 144 cm³/mol. The van der Waals surface area contributed by atoms with Crippen molar-refractivity contribution in [2.45, 2.75) is 30.1 Å². The van der Waals surface area contributed by atoms with Gasteiger partial charge in [-0.1, -0.05) is 91.0 Å². The molecule has 3 aromatic carbocycles. The van der Waals surface area contributed by atoms with Gasteiger partial charge in [-0.3, -0.25) is 14.3 Å². The summed E-state index contributed by atoms with van der Waals surface area (Å²) in [7, 11) is 0. The number of aliphatic hydroxyl groups is 2. The van der Waals surface area contributed by atoms with Gasteiger partial charge in [0, 0.05) is 0 Å². The normalized spacial score (nSPS) is 21.4. The number of nitrogens with two attached hydrogens (primary N) is 1. The number of aromatic nitrogens is 4. The zero-order valence-corrected chi connectivity index (χ0v) is 20.8. The van der Waals surface area contributed by atoms with E-state index in [1.54, 1.807) is 0 Å². The highest BCUT2D eigenvalue weighted by molar-refractivity contribution is 5.70. The van der Waals surface area contributed by atoms with Gasteiger partial charge in [0.1, 0.15) is 23.9 Å². The van der Waals surface area contributed by atoms with E-state index in [9.17, 15) is 15.0 Å². The lowest BCUT2D eigenvalue weighted by Crippen LogP contribution is -2.39. The smallest absolute Gasteiger partial charge is 0.280 e. The van der Waals surface area contributed by atoms with Gasteiger partial charge in [0.15, 0.2) is 17.4 Å². The molecule has 6 rings (SSSR count). The molecular formula is C29H27N5O5. The number of imidazole rings is 1. The Morgan fingerprint density at radius 1 is 0.897 bits per heavy atom. The molecule has 0 bridgehead atoms. The Morgan fingerprint density at radius 3 is 1.97 bits per heavy atom. The Kier molecular flexibility index (Phi) is 6.45. The Hall–Kier alpha value is -4.35. The summed E-state index contributed by atoms with van der Waals surface area (Å²) in [5.41, 5.74) is 7.05. The van der Waals surface area contributed by atoms with Crippen molar-refractivity contribution >= 4 is 17.1 Å². The third kappa shape index (κ3) is 4.29. The summed E-state index contributed by atoms with van der Waals surface area (Å²) in [6.07, 6.45) is -3.26. The largest absolute Gasteiger partial charge is 0.387 e. The van der Waals surface area contributed by atoms with E-state index in [1.165, 1.54) is 10.9 Å². The van der Waals surface area contributed by atoms with Crippen LogP contribution < -0.4 is 11.3 Å². The van der Waals surface area contributed by atoms with Crippen molar-refractivity contribution in [3.8, 4) is 0 Å². The van der Waals surface area contributed by atoms with Crippen LogP contribution in [0, 0.1) is 0 Å². The summed E-state index contributed by atoms with van der Waals surface area (Å²) < 4.78 is 14.3. The number of H-pyrrole nitrogens is 1. The van der Waals surface area contributed by atoms with Crippen LogP contribution in [-0.2, 0) is 15.1 Å². The first-order valence-electron chi connectivity index (χ1n) is 12.5. The molecule has 0 unspecified atom stereocenters. The van der Waals surface area contributed by atoms with Gasteiger partial charge in [-0.05, 0) is 16.7 Å². The monoisotopic (exact) mass is 525 g/mol. The van der Waals surface area contributed by atoms with Crippen molar-refractivity contribution in [1.29, 1.82) is 0 Å². The summed E-state index contributed by atoms with van der Waals surface area (Å²) in [6, 6.07) is 29.5. The van der Waals surface area contributed by atoms with Crippen molar-refractivity contribution in [3.05, 3.63) is 124 Å². The van der Waals surface area contributed by atoms with Crippen molar-refractivity contribution in [3.63, 3.8) is 0 Å². The Labute approximate surface area is 223 Å². The van der Waals surface area contributed by atoms with E-state index >= 15 is 0 Å². The van der Waals surface area contributed by atoms with Crippen molar-refractivity contribution in [2.24, 2.45) is 0 Å². The van der Waals surface area contributed by atoms with Gasteiger partial charge in [-0.2, -0.15) is 4.98 Å². The first-order valence-corrected chi connectivity index (χ1v) is 12.5. The molecule has 4 atom stereocenters. The summed E-state index contributed by atoms with van der Waals surface area (Å²) in [5, 5.41) is 22.0. The number of aromatic amines is 1. The SMILES string of the molecule is Nc1nc2c(ncn2[C@@H]2O[C@H](COC(c3ccccc3)(c3ccccc3)c3ccccc3)[C@@H](O)[C@H]2O)c(=O)[nH]1. The van der Waals surface area contributed by atoms with Crippen LogP contribution in [0.4, 0.5) is 5.95 Å². The van der Waals surface area contributed by atoms with Gasteiger partial charge in [0.05, 0.1) is 12.9 Å². The zero-order chi connectivity index (χ0) is 27.0. The number of fused-ring (bicyclic) bond motifs is 1. The molecule has 1 saturated heterocycles. The van der Waals surface area contributed by atoms with Gasteiger partial charge in [0.25, 0.3) is 5.56 Å². The number of rotatable bonds is 7. The molecule has 198 valence electrons. The molecule has 2 aromatic heterocycles. The average Bonchev–Trinajstić information content (AvgIpc) is 3.51. The number of nitrogens with one attached hydrogen (secondary N) is 1. The Balaban J connectivity index is 1.37. The van der Waals surface area contributed by atoms with Crippen LogP contribution in [0.15, 0.2) is 102 Å². The number of anilines is 1. The summed E-state index contributed by atoms with van der Waals surface area (Å²) in [4.78, 5) is 22.9. The first-order chi connectivity index (χ1) is 19.0. The molecule has 1 aliphatic rings. The third-order valence-corrected chi connectivity index (χ3v) is 7.07. The second-order valence-corrected chi connectivity index (χ2v) is 9.41. The molecule has 1 fully saturated rings. The quantitative estimate of drug-likeness (QED) is 0.237. The third-order valence-electron chi connectivity index (χ3n) is 7.07. The molecule has 3 heterocycles. The van der Waals surface area contributed by atoms with Gasteiger partial charge >= 0.3 is 0 Å². The predicted octanol–water partition coefficient (Wildman–Crippen LogP) is 2.33. The number of ether oxygens (including phenoxy) is 2. The molecule has 1 aliphatic heterocycles. The Morgan fingerprint density at radius 2 is 1.44 bits per heavy atom. The summed E-state index contributed by atoms with van der Waals surface area (Å²) >= 11 is 0. The highest BCUT2D eigenvalue weighted by atomic mass is 16.6. The first kappa shape index (κ1) is 25.0. The fraction of sp³-hybridized carbons (Fsp3) is 0.207. The highest BCUT2D eigenvalue weighted by Gasteiger charge is 2.46. The molecule has 0 radical (unpaired) electrons. The maximum absolute atomic E-state index is 12.2. The standard InChI is InChI=1S/C29H27N5O5/c30-28-32-25-22(26(37)33-28)31-17-34(25)27-24(36)23(35)21(39-27)16-38-29(18-10-4-1-5-11-18,19-12-6-2-7-13-19)20-14-8-3-9-15-20/h1-15,17,21,23-24,27,35-36H,16H2,(H3,30,32,33,37)/t21-,23-,24-,27-/m1/s1. The average molecular weight is 526 g/mol. The maximum atomic E-state index is 12.2. The molecule has 10 nitrogen and oxygen atoms in total. The molecule has 5 N–H and O–H groups in total. The van der Waals surface area contributed by atoms with E-state index in [1.807, 2.05) is 91.0 Å². The molecule has 0 spiro atoms. The van der Waals surface area contributed by atoms with Gasteiger partial charge in [-0.15, -0.1) is 0 Å². The number of nitrogen functional groups attached to an aromatic ring is 1. The van der Waals surface area contributed by atoms with Crippen LogP contribution in [0.5, 0.6) is 0 Å². The fourth-order valence-corrected chi connectivity index (χ4v) is 5.20. The van der Waals surface area contributed by atoms with Crippen LogP contribution in [0.3, 0.4) is 0 Å². The fourth-order valence-electron chi connectivity index (χ4n) is 5.20. The van der Waals surface area contributed by atoms with Crippen LogP contribution in [0.25, 0.3) is 11.2 Å². The molecule has 0 amide bonds. The number of aliphatic hydroxyl groups excluding tert-OH is 2. The van der Waals surface area contributed by atoms with Crippen molar-refractivity contribution in [2.75, 3.05) is 12.3 Å². The van der Waals surface area contributed by atoms with Crippen molar-refractivity contribution in [1.82, 2.24) is 19.5 Å². The number of nitrogens with zero attached hydrogens (tertiary/aromatic N) is 3. The molecule has 5 aromatic rings. The maximum Gasteiger partial charge on any atom is 0.280 e. The van der Waals surface area contributed by atoms with E-state index < -0.39 is 35.7 Å². The minimum absolute atomic E-state index is 0.0467. The van der Waals surface area contributed by atoms with Crippen LogP contribution >= 0.6 is 0 Å². The van der Waals surface area contributed by atoms with Crippen molar-refractivity contribution < 1.29 is 19.7 Å². The lowest BCUT2D eigenvalue weighted by molar-refractivity contribution is -0.0942. The van der Waals surface area contributed by atoms with E-state index in [0.29, 0.717) is 0 Å².